The zero-order chi connectivity index (χ0) is 16.6. The molecule has 1 aliphatic rings. The van der Waals surface area contributed by atoms with Crippen LogP contribution in [0.5, 0.6) is 0 Å². The van der Waals surface area contributed by atoms with E-state index in [0.29, 0.717) is 34.5 Å². The van der Waals surface area contributed by atoms with Crippen molar-refractivity contribution in [3.63, 3.8) is 0 Å². The Labute approximate surface area is 142 Å². The number of aromatic nitrogens is 2. The predicted molar refractivity (Wildman–Crippen MR) is 88.8 cm³/mol. The maximum atomic E-state index is 12.3. The highest BCUT2D eigenvalue weighted by molar-refractivity contribution is 6.35. The molecular weight excluding hydrogens is 339 g/mol. The predicted octanol–water partition coefficient (Wildman–Crippen LogP) is 1.92. The molecule has 1 aromatic carbocycles. The third-order valence-corrected chi connectivity index (χ3v) is 4.11. The first-order chi connectivity index (χ1) is 10.9. The van der Waals surface area contributed by atoms with Gasteiger partial charge in [-0.1, -0.05) is 23.2 Å². The lowest BCUT2D eigenvalue weighted by molar-refractivity contribution is 0.0788. The van der Waals surface area contributed by atoms with Crippen LogP contribution in [0.1, 0.15) is 16.8 Å². The second-order valence-electron chi connectivity index (χ2n) is 5.43. The highest BCUT2D eigenvalue weighted by Crippen LogP contribution is 2.24. The molecule has 0 spiro atoms. The molecule has 0 unspecified atom stereocenters. The Balaban J connectivity index is 1.92. The number of halogens is 2. The van der Waals surface area contributed by atoms with Crippen LogP contribution in [0.3, 0.4) is 0 Å². The number of hydrogen-bond acceptors (Lipinski definition) is 4. The van der Waals surface area contributed by atoms with Crippen molar-refractivity contribution in [2.75, 3.05) is 13.1 Å². The Morgan fingerprint density at radius 2 is 2.00 bits per heavy atom. The summed E-state index contributed by atoms with van der Waals surface area (Å²) in [4.78, 5) is 32.9. The first-order valence-corrected chi connectivity index (χ1v) is 7.80. The van der Waals surface area contributed by atoms with Crippen LogP contribution in [0.25, 0.3) is 11.4 Å². The second-order valence-corrected chi connectivity index (χ2v) is 6.31. The van der Waals surface area contributed by atoms with Gasteiger partial charge in [0.25, 0.3) is 11.5 Å². The Morgan fingerprint density at radius 1 is 1.30 bits per heavy atom. The number of carbonyl (C=O) groups excluding carboxylic acids is 1. The minimum absolute atomic E-state index is 0.00373. The minimum Gasteiger partial charge on any atom is -0.337 e. The summed E-state index contributed by atoms with van der Waals surface area (Å²) in [5.41, 5.74) is 5.85. The number of nitrogens with one attached hydrogen (secondary N) is 1. The van der Waals surface area contributed by atoms with Crippen LogP contribution in [-0.2, 0) is 0 Å². The molecule has 1 atom stereocenters. The molecule has 0 saturated carbocycles. The summed E-state index contributed by atoms with van der Waals surface area (Å²) in [5, 5.41) is 0.864. The van der Waals surface area contributed by atoms with Gasteiger partial charge in [0.15, 0.2) is 0 Å². The lowest BCUT2D eigenvalue weighted by Gasteiger charge is -2.15. The summed E-state index contributed by atoms with van der Waals surface area (Å²) < 4.78 is 0. The molecule has 1 amide bonds. The maximum absolute atomic E-state index is 12.3. The highest BCUT2D eigenvalue weighted by Gasteiger charge is 2.26. The van der Waals surface area contributed by atoms with Gasteiger partial charge in [0.1, 0.15) is 11.4 Å². The molecule has 6 nitrogen and oxygen atoms in total. The maximum Gasteiger partial charge on any atom is 0.264 e. The number of rotatable bonds is 2. The molecule has 8 heteroatoms. The number of benzene rings is 1. The summed E-state index contributed by atoms with van der Waals surface area (Å²) in [5.74, 6) is -0.0588. The van der Waals surface area contributed by atoms with E-state index in [1.54, 1.807) is 23.1 Å². The molecule has 3 rings (SSSR count). The topological polar surface area (TPSA) is 92.1 Å². The summed E-state index contributed by atoms with van der Waals surface area (Å²) >= 11 is 11.9. The van der Waals surface area contributed by atoms with E-state index in [1.165, 1.54) is 6.20 Å². The Morgan fingerprint density at radius 3 is 2.57 bits per heavy atom. The van der Waals surface area contributed by atoms with Gasteiger partial charge in [-0.2, -0.15) is 0 Å². The number of carbonyl (C=O) groups is 1. The first kappa shape index (κ1) is 16.0. The SMILES string of the molecule is N[C@@H]1CCN(C(=O)c2cnc(-c3cc(Cl)cc(Cl)c3)[nH]c2=O)C1. The zero-order valence-electron chi connectivity index (χ0n) is 12.1. The average molecular weight is 353 g/mol. The Kier molecular flexibility index (Phi) is 4.39. The van der Waals surface area contributed by atoms with Crippen LogP contribution in [0, 0.1) is 0 Å². The lowest BCUT2D eigenvalue weighted by atomic mass is 10.2. The van der Waals surface area contributed by atoms with E-state index in [-0.39, 0.29) is 17.5 Å². The summed E-state index contributed by atoms with van der Waals surface area (Å²) in [6.45, 7) is 0.995. The highest BCUT2D eigenvalue weighted by atomic mass is 35.5. The molecule has 1 aromatic heterocycles. The monoisotopic (exact) mass is 352 g/mol. The number of amides is 1. The molecular formula is C15H14Cl2N4O2. The quantitative estimate of drug-likeness (QED) is 0.863. The molecule has 0 radical (unpaired) electrons. The van der Waals surface area contributed by atoms with Gasteiger partial charge < -0.3 is 15.6 Å². The van der Waals surface area contributed by atoms with Gasteiger partial charge in [-0.3, -0.25) is 9.59 Å². The van der Waals surface area contributed by atoms with Gasteiger partial charge in [-0.25, -0.2) is 4.98 Å². The molecule has 1 saturated heterocycles. The molecule has 0 bridgehead atoms. The van der Waals surface area contributed by atoms with Crippen LogP contribution >= 0.6 is 23.2 Å². The van der Waals surface area contributed by atoms with E-state index in [4.69, 9.17) is 28.9 Å². The third kappa shape index (κ3) is 3.39. The van der Waals surface area contributed by atoms with Crippen LogP contribution in [0.15, 0.2) is 29.2 Å². The molecule has 120 valence electrons. The van der Waals surface area contributed by atoms with Crippen molar-refractivity contribution in [3.8, 4) is 11.4 Å². The minimum atomic E-state index is -0.503. The number of nitrogens with zero attached hydrogens (tertiary/aromatic N) is 2. The Hall–Kier alpha value is -1.89. The van der Waals surface area contributed by atoms with Crippen molar-refractivity contribution < 1.29 is 4.79 Å². The average Bonchev–Trinajstić information content (AvgIpc) is 2.92. The van der Waals surface area contributed by atoms with Crippen molar-refractivity contribution >= 4 is 29.1 Å². The van der Waals surface area contributed by atoms with Gasteiger partial charge >= 0.3 is 0 Å². The van der Waals surface area contributed by atoms with Crippen LogP contribution in [-0.4, -0.2) is 39.9 Å². The van der Waals surface area contributed by atoms with E-state index >= 15 is 0 Å². The number of nitrogens with two attached hydrogens (primary N) is 1. The summed E-state index contributed by atoms with van der Waals surface area (Å²) in [6, 6.07) is 4.80. The van der Waals surface area contributed by atoms with Crippen molar-refractivity contribution in [2.24, 2.45) is 5.73 Å². The van der Waals surface area contributed by atoms with Gasteiger partial charge in [0, 0.05) is 40.9 Å². The van der Waals surface area contributed by atoms with E-state index in [2.05, 4.69) is 9.97 Å². The van der Waals surface area contributed by atoms with Crippen LogP contribution in [0.4, 0.5) is 0 Å². The fraction of sp³-hybridized carbons (Fsp3) is 0.267. The number of hydrogen-bond donors (Lipinski definition) is 2. The fourth-order valence-corrected chi connectivity index (χ4v) is 3.05. The van der Waals surface area contributed by atoms with Crippen molar-refractivity contribution in [2.45, 2.75) is 12.5 Å². The van der Waals surface area contributed by atoms with Crippen molar-refractivity contribution in [1.82, 2.24) is 14.9 Å². The van der Waals surface area contributed by atoms with E-state index < -0.39 is 5.56 Å². The van der Waals surface area contributed by atoms with E-state index in [1.807, 2.05) is 0 Å². The lowest BCUT2D eigenvalue weighted by Crippen LogP contribution is -2.35. The molecule has 23 heavy (non-hydrogen) atoms. The fourth-order valence-electron chi connectivity index (χ4n) is 2.53. The molecule has 2 aromatic rings. The van der Waals surface area contributed by atoms with Gasteiger partial charge in [0.05, 0.1) is 0 Å². The number of H-pyrrole nitrogens is 1. The van der Waals surface area contributed by atoms with Gasteiger partial charge in [-0.15, -0.1) is 0 Å². The number of aromatic amines is 1. The second kappa shape index (κ2) is 6.31. The molecule has 3 N–H and O–H groups in total. The van der Waals surface area contributed by atoms with Gasteiger partial charge in [0.2, 0.25) is 0 Å². The largest absolute Gasteiger partial charge is 0.337 e. The van der Waals surface area contributed by atoms with Gasteiger partial charge in [-0.05, 0) is 24.6 Å². The first-order valence-electron chi connectivity index (χ1n) is 7.04. The van der Waals surface area contributed by atoms with Crippen molar-refractivity contribution in [1.29, 1.82) is 0 Å². The summed E-state index contributed by atoms with van der Waals surface area (Å²) in [6.07, 6.45) is 2.01. The molecule has 2 heterocycles. The van der Waals surface area contributed by atoms with E-state index in [9.17, 15) is 9.59 Å². The molecule has 1 fully saturated rings. The normalized spacial score (nSPS) is 17.5. The van der Waals surface area contributed by atoms with Crippen LogP contribution in [0.2, 0.25) is 10.0 Å². The van der Waals surface area contributed by atoms with Crippen molar-refractivity contribution in [3.05, 3.63) is 50.4 Å². The standard InChI is InChI=1S/C15H14Cl2N4O2/c16-9-3-8(4-10(17)5-9)13-19-6-12(14(22)20-13)15(23)21-2-1-11(18)7-21/h3-6,11H,1-2,7,18H2,(H,19,20,22)/t11-/m1/s1. The molecule has 0 aliphatic carbocycles. The summed E-state index contributed by atoms with van der Waals surface area (Å²) in [7, 11) is 0. The zero-order valence-corrected chi connectivity index (χ0v) is 13.6. The van der Waals surface area contributed by atoms with Crippen LogP contribution < -0.4 is 11.3 Å². The Bertz CT molecular complexity index is 801. The smallest absolute Gasteiger partial charge is 0.264 e. The molecule has 1 aliphatic heterocycles. The van der Waals surface area contributed by atoms with E-state index in [0.717, 1.165) is 6.42 Å². The third-order valence-electron chi connectivity index (χ3n) is 3.68. The number of likely N-dealkylation sites (tertiary alicyclic amines) is 1.